The molecule has 1 saturated heterocycles. The van der Waals surface area contributed by atoms with Crippen molar-refractivity contribution < 1.29 is 13.5 Å². The van der Waals surface area contributed by atoms with Gasteiger partial charge >= 0.3 is 0 Å². The van der Waals surface area contributed by atoms with Gasteiger partial charge in [0.2, 0.25) is 5.95 Å². The van der Waals surface area contributed by atoms with E-state index >= 15 is 0 Å². The molecule has 3 aromatic heterocycles. The fourth-order valence-electron chi connectivity index (χ4n) is 4.37. The molecule has 4 rings (SSSR count). The summed E-state index contributed by atoms with van der Waals surface area (Å²) in [5.74, 6) is 2.64. The summed E-state index contributed by atoms with van der Waals surface area (Å²) in [5, 5.41) is 12.6. The second-order valence-electron chi connectivity index (χ2n) is 8.63. The summed E-state index contributed by atoms with van der Waals surface area (Å²) in [4.78, 5) is 19.9. The van der Waals surface area contributed by atoms with E-state index in [1.807, 2.05) is 36.3 Å². The number of nitrogens with zero attached hydrogens (tertiary/aromatic N) is 6. The summed E-state index contributed by atoms with van der Waals surface area (Å²) in [6.45, 7) is 7.06. The second kappa shape index (κ2) is 9.60. The van der Waals surface area contributed by atoms with Gasteiger partial charge in [0.1, 0.15) is 29.6 Å². The van der Waals surface area contributed by atoms with Crippen LogP contribution in [0, 0.1) is 0 Å². The lowest BCUT2D eigenvalue weighted by molar-refractivity contribution is 0.263. The number of piperidine rings is 1. The van der Waals surface area contributed by atoms with Crippen LogP contribution in [0.4, 0.5) is 17.6 Å². The molecule has 0 unspecified atom stereocenters. The zero-order valence-electron chi connectivity index (χ0n) is 19.3. The van der Waals surface area contributed by atoms with Crippen LogP contribution in [-0.4, -0.2) is 62.1 Å². The van der Waals surface area contributed by atoms with Crippen LogP contribution in [0.5, 0.6) is 0 Å². The second-order valence-corrected chi connectivity index (χ2v) is 11.0. The Balaban J connectivity index is 1.50. The summed E-state index contributed by atoms with van der Waals surface area (Å²) < 4.78 is 26.7. The van der Waals surface area contributed by atoms with Gasteiger partial charge in [-0.2, -0.15) is 4.98 Å². The van der Waals surface area contributed by atoms with Crippen molar-refractivity contribution in [1.29, 1.82) is 0 Å². The highest BCUT2D eigenvalue weighted by molar-refractivity contribution is 7.92. The molecule has 0 aliphatic carbocycles. The Labute approximate surface area is 194 Å². The molecule has 178 valence electrons. The monoisotopic (exact) mass is 473 g/mol. The third-order valence-electron chi connectivity index (χ3n) is 5.93. The number of rotatable bonds is 8. The summed E-state index contributed by atoms with van der Waals surface area (Å²) in [7, 11) is -3.03. The number of hydrogen-bond donors (Lipinski definition) is 2. The van der Waals surface area contributed by atoms with Crippen LogP contribution in [0.15, 0.2) is 24.5 Å². The van der Waals surface area contributed by atoms with Crippen LogP contribution in [0.3, 0.4) is 0 Å². The lowest BCUT2D eigenvalue weighted by Crippen LogP contribution is -2.40. The molecule has 0 atom stereocenters. The third kappa shape index (κ3) is 4.93. The van der Waals surface area contributed by atoms with Crippen molar-refractivity contribution in [3.8, 4) is 0 Å². The van der Waals surface area contributed by atoms with Crippen molar-refractivity contribution in [2.45, 2.75) is 57.9 Å². The predicted octanol–water partition coefficient (Wildman–Crippen LogP) is 2.83. The van der Waals surface area contributed by atoms with E-state index in [0.29, 0.717) is 55.8 Å². The Morgan fingerprint density at radius 2 is 1.94 bits per heavy atom. The first-order chi connectivity index (χ1) is 15.8. The fourth-order valence-corrected chi connectivity index (χ4v) is 6.20. The van der Waals surface area contributed by atoms with Gasteiger partial charge in [0.25, 0.3) is 0 Å². The maximum absolute atomic E-state index is 12.4. The lowest BCUT2D eigenvalue weighted by atomic mass is 10.1. The van der Waals surface area contributed by atoms with E-state index in [1.54, 1.807) is 18.5 Å². The molecule has 0 bridgehead atoms. The van der Waals surface area contributed by atoms with Gasteiger partial charge in [-0.05, 0) is 39.2 Å². The summed E-state index contributed by atoms with van der Waals surface area (Å²) in [5.41, 5.74) is 1.61. The molecule has 0 spiro atoms. The Hall–Kier alpha value is -2.79. The number of aromatic nitrogens is 5. The highest BCUT2D eigenvalue weighted by atomic mass is 32.2. The minimum atomic E-state index is -3.03. The Morgan fingerprint density at radius 1 is 1.18 bits per heavy atom. The van der Waals surface area contributed by atoms with Gasteiger partial charge in [-0.1, -0.05) is 6.92 Å². The van der Waals surface area contributed by atoms with Gasteiger partial charge in [0.15, 0.2) is 9.84 Å². The number of anilines is 3. The smallest absolute Gasteiger partial charge is 0.227 e. The highest BCUT2D eigenvalue weighted by Gasteiger charge is 2.30. The topological polar surface area (TPSA) is 126 Å². The number of fused-ring (bicyclic) bond motifs is 1. The van der Waals surface area contributed by atoms with Crippen LogP contribution in [-0.2, 0) is 16.4 Å². The van der Waals surface area contributed by atoms with E-state index in [1.165, 1.54) is 0 Å². The molecular formula is C22H31N7O3S. The minimum Gasteiger partial charge on any atom is -0.388 e. The predicted molar refractivity (Wildman–Crippen MR) is 128 cm³/mol. The van der Waals surface area contributed by atoms with Crippen LogP contribution in [0.1, 0.15) is 51.9 Å². The van der Waals surface area contributed by atoms with Crippen molar-refractivity contribution in [1.82, 2.24) is 24.5 Å². The average molecular weight is 474 g/mol. The van der Waals surface area contributed by atoms with Gasteiger partial charge in [-0.15, -0.1) is 0 Å². The Kier molecular flexibility index (Phi) is 6.80. The maximum atomic E-state index is 12.4. The van der Waals surface area contributed by atoms with Gasteiger partial charge in [0.05, 0.1) is 22.7 Å². The summed E-state index contributed by atoms with van der Waals surface area (Å²) in [6, 6.07) is 3.81. The molecule has 1 aliphatic rings. The number of hydrogen-bond acceptors (Lipinski definition) is 9. The molecule has 1 fully saturated rings. The van der Waals surface area contributed by atoms with Crippen molar-refractivity contribution in [2.75, 3.05) is 29.1 Å². The van der Waals surface area contributed by atoms with Crippen LogP contribution >= 0.6 is 0 Å². The number of imidazole rings is 1. The highest BCUT2D eigenvalue weighted by Crippen LogP contribution is 2.26. The van der Waals surface area contributed by atoms with E-state index in [0.717, 1.165) is 11.0 Å². The van der Waals surface area contributed by atoms with Crippen LogP contribution in [0.2, 0.25) is 0 Å². The van der Waals surface area contributed by atoms with E-state index in [9.17, 15) is 13.5 Å². The number of pyridine rings is 1. The van der Waals surface area contributed by atoms with Gasteiger partial charge in [0, 0.05) is 31.4 Å². The molecule has 11 heteroatoms. The normalized spacial score (nSPS) is 15.5. The number of aliphatic hydroxyl groups is 1. The Bertz CT molecular complexity index is 1220. The zero-order valence-corrected chi connectivity index (χ0v) is 20.1. The molecule has 1 aliphatic heterocycles. The zero-order chi connectivity index (χ0) is 23.6. The molecule has 10 nitrogen and oxygen atoms in total. The first kappa shape index (κ1) is 23.4. The largest absolute Gasteiger partial charge is 0.388 e. The standard InChI is InChI=1S/C22H31N7O3S/c1-4-11-33(31,32)16-6-9-28(10-7-16)22-23-8-5-19(27-22)26-20-12-18-17(13-24-20)25-21(14-30)29(18)15(2)3/h5,8,12-13,15-16,30H,4,6-7,9-11,14H2,1-3H3,(H,23,24,26,27). The number of sulfone groups is 1. The molecule has 3 aromatic rings. The van der Waals surface area contributed by atoms with Crippen LogP contribution < -0.4 is 10.2 Å². The molecule has 0 saturated carbocycles. The average Bonchev–Trinajstić information content (AvgIpc) is 3.17. The first-order valence-electron chi connectivity index (χ1n) is 11.4. The van der Waals surface area contributed by atoms with Crippen molar-refractivity contribution in [3.05, 3.63) is 30.4 Å². The first-order valence-corrected chi connectivity index (χ1v) is 13.1. The van der Waals surface area contributed by atoms with E-state index in [2.05, 4.69) is 25.3 Å². The third-order valence-corrected chi connectivity index (χ3v) is 8.39. The van der Waals surface area contributed by atoms with E-state index < -0.39 is 9.84 Å². The molecule has 4 heterocycles. The molecule has 0 radical (unpaired) electrons. The minimum absolute atomic E-state index is 0.138. The molecular weight excluding hydrogens is 442 g/mol. The summed E-state index contributed by atoms with van der Waals surface area (Å²) >= 11 is 0. The van der Waals surface area contributed by atoms with E-state index in [-0.39, 0.29) is 23.7 Å². The molecule has 33 heavy (non-hydrogen) atoms. The van der Waals surface area contributed by atoms with Gasteiger partial charge in [-0.3, -0.25) is 0 Å². The molecule has 0 aromatic carbocycles. The fraction of sp³-hybridized carbons (Fsp3) is 0.545. The van der Waals surface area contributed by atoms with Crippen molar-refractivity contribution in [3.63, 3.8) is 0 Å². The quantitative estimate of drug-likeness (QED) is 0.508. The van der Waals surface area contributed by atoms with Crippen LogP contribution in [0.25, 0.3) is 11.0 Å². The molecule has 2 N–H and O–H groups in total. The lowest BCUT2D eigenvalue weighted by Gasteiger charge is -2.31. The SMILES string of the molecule is CCCS(=O)(=O)C1CCN(c2nccc(Nc3cc4c(cn3)nc(CO)n4C(C)C)n2)CC1. The summed E-state index contributed by atoms with van der Waals surface area (Å²) in [6.07, 6.45) is 5.20. The maximum Gasteiger partial charge on any atom is 0.227 e. The molecule has 0 amide bonds. The van der Waals surface area contributed by atoms with Crippen molar-refractivity contribution >= 4 is 38.5 Å². The Morgan fingerprint density at radius 3 is 2.61 bits per heavy atom. The number of aliphatic hydroxyl groups excluding tert-OH is 1. The van der Waals surface area contributed by atoms with Crippen molar-refractivity contribution in [2.24, 2.45) is 0 Å². The van der Waals surface area contributed by atoms with E-state index in [4.69, 9.17) is 0 Å². The van der Waals surface area contributed by atoms with Gasteiger partial charge < -0.3 is 19.9 Å². The van der Waals surface area contributed by atoms with Gasteiger partial charge in [-0.25, -0.2) is 23.4 Å². The number of nitrogens with one attached hydrogen (secondary N) is 1.